The summed E-state index contributed by atoms with van der Waals surface area (Å²) < 4.78 is 28.7. The Labute approximate surface area is 176 Å². The van der Waals surface area contributed by atoms with Gasteiger partial charge in [-0.05, 0) is 30.2 Å². The van der Waals surface area contributed by atoms with Crippen LogP contribution in [0, 0.1) is 11.6 Å². The van der Waals surface area contributed by atoms with Crippen molar-refractivity contribution >= 4 is 28.9 Å². The lowest BCUT2D eigenvalue weighted by molar-refractivity contribution is -0.113. The molecule has 0 radical (unpaired) electrons. The van der Waals surface area contributed by atoms with E-state index in [1.165, 1.54) is 17.3 Å². The molecule has 30 heavy (non-hydrogen) atoms. The van der Waals surface area contributed by atoms with Gasteiger partial charge in [0.05, 0.1) is 22.7 Å². The number of hydrogen-bond donors (Lipinski definition) is 1. The van der Waals surface area contributed by atoms with Gasteiger partial charge in [-0.15, -0.1) is 0 Å². The van der Waals surface area contributed by atoms with Crippen molar-refractivity contribution in [2.45, 2.75) is 18.4 Å². The topological polar surface area (TPSA) is 59.3 Å². The van der Waals surface area contributed by atoms with Crippen LogP contribution in [0.15, 0.2) is 66.0 Å². The lowest BCUT2D eigenvalue weighted by Gasteiger charge is -2.06. The summed E-state index contributed by atoms with van der Waals surface area (Å²) in [6.45, 7) is 2.11. The van der Waals surface area contributed by atoms with Gasteiger partial charge in [-0.2, -0.15) is 5.10 Å². The standard InChI is InChI=1S/C22H18F2N4OS/c1-2-14-3-5-15(6-4-14)18-12-20-22(25-9-10-28(20)27-18)30-13-21(29)26-19-11-16(23)7-8-17(19)24/h3-12H,2,13H2,1H3,(H,26,29). The van der Waals surface area contributed by atoms with Gasteiger partial charge in [0, 0.05) is 24.0 Å². The van der Waals surface area contributed by atoms with Crippen LogP contribution < -0.4 is 5.32 Å². The molecule has 1 amide bonds. The summed E-state index contributed by atoms with van der Waals surface area (Å²) in [5.74, 6) is -1.77. The Morgan fingerprint density at radius 2 is 1.93 bits per heavy atom. The van der Waals surface area contributed by atoms with Crippen molar-refractivity contribution in [3.8, 4) is 11.3 Å². The van der Waals surface area contributed by atoms with Crippen molar-refractivity contribution < 1.29 is 13.6 Å². The van der Waals surface area contributed by atoms with Crippen LogP contribution in [0.2, 0.25) is 0 Å². The highest BCUT2D eigenvalue weighted by Gasteiger charge is 2.13. The highest BCUT2D eigenvalue weighted by atomic mass is 32.2. The minimum atomic E-state index is -0.690. The monoisotopic (exact) mass is 424 g/mol. The second-order valence-corrected chi connectivity index (χ2v) is 7.57. The van der Waals surface area contributed by atoms with Crippen LogP contribution >= 0.6 is 11.8 Å². The Balaban J connectivity index is 1.50. The molecule has 2 aromatic carbocycles. The van der Waals surface area contributed by atoms with Gasteiger partial charge in [-0.3, -0.25) is 4.79 Å². The Morgan fingerprint density at radius 1 is 1.13 bits per heavy atom. The summed E-state index contributed by atoms with van der Waals surface area (Å²) in [5.41, 5.74) is 3.63. The molecule has 0 saturated carbocycles. The maximum atomic E-state index is 13.7. The van der Waals surface area contributed by atoms with E-state index in [2.05, 4.69) is 34.5 Å². The predicted molar refractivity (Wildman–Crippen MR) is 114 cm³/mol. The molecule has 0 atom stereocenters. The molecule has 2 heterocycles. The third-order valence-corrected chi connectivity index (χ3v) is 5.55. The third kappa shape index (κ3) is 4.33. The lowest BCUT2D eigenvalue weighted by Crippen LogP contribution is -2.15. The lowest BCUT2D eigenvalue weighted by atomic mass is 10.1. The van der Waals surface area contributed by atoms with Gasteiger partial charge in [0.25, 0.3) is 0 Å². The van der Waals surface area contributed by atoms with E-state index >= 15 is 0 Å². The second kappa shape index (κ2) is 8.62. The molecule has 8 heteroatoms. The molecule has 0 aliphatic heterocycles. The Bertz CT molecular complexity index is 1210. The van der Waals surface area contributed by atoms with Crippen molar-refractivity contribution in [2.24, 2.45) is 0 Å². The number of carbonyl (C=O) groups is 1. The number of rotatable bonds is 6. The largest absolute Gasteiger partial charge is 0.323 e. The maximum absolute atomic E-state index is 13.7. The van der Waals surface area contributed by atoms with Gasteiger partial charge in [0.2, 0.25) is 5.91 Å². The van der Waals surface area contributed by atoms with Gasteiger partial charge in [0.15, 0.2) is 0 Å². The van der Waals surface area contributed by atoms with Gasteiger partial charge >= 0.3 is 0 Å². The average molecular weight is 424 g/mol. The van der Waals surface area contributed by atoms with E-state index in [-0.39, 0.29) is 11.4 Å². The smallest absolute Gasteiger partial charge is 0.234 e. The molecular formula is C22H18F2N4OS. The van der Waals surface area contributed by atoms with Crippen LogP contribution in [-0.2, 0) is 11.2 Å². The first-order valence-corrected chi connectivity index (χ1v) is 10.3. The number of aryl methyl sites for hydroxylation is 1. The van der Waals surface area contributed by atoms with E-state index in [1.54, 1.807) is 16.9 Å². The minimum Gasteiger partial charge on any atom is -0.323 e. The quantitative estimate of drug-likeness (QED) is 0.444. The zero-order chi connectivity index (χ0) is 21.1. The number of fused-ring (bicyclic) bond motifs is 1. The molecule has 0 aliphatic rings. The number of carbonyl (C=O) groups excluding carboxylic acids is 1. The number of thioether (sulfide) groups is 1. The SMILES string of the molecule is CCc1ccc(-c2cc3c(SCC(=O)Nc4cc(F)ccc4F)nccn3n2)cc1. The predicted octanol–water partition coefficient (Wildman–Crippen LogP) is 4.97. The number of anilines is 1. The minimum absolute atomic E-state index is 0.00562. The first-order chi connectivity index (χ1) is 14.5. The molecule has 4 aromatic rings. The van der Waals surface area contributed by atoms with Crippen molar-refractivity contribution in [1.29, 1.82) is 0 Å². The summed E-state index contributed by atoms with van der Waals surface area (Å²) in [7, 11) is 0. The Hall–Kier alpha value is -3.26. The van der Waals surface area contributed by atoms with E-state index in [0.29, 0.717) is 5.03 Å². The summed E-state index contributed by atoms with van der Waals surface area (Å²) in [4.78, 5) is 16.5. The van der Waals surface area contributed by atoms with E-state index in [9.17, 15) is 13.6 Å². The number of aromatic nitrogens is 3. The van der Waals surface area contributed by atoms with Crippen LogP contribution in [0.1, 0.15) is 12.5 Å². The van der Waals surface area contributed by atoms with Crippen LogP contribution in [0.4, 0.5) is 14.5 Å². The number of hydrogen-bond acceptors (Lipinski definition) is 4. The Kier molecular flexibility index (Phi) is 5.76. The van der Waals surface area contributed by atoms with E-state index in [4.69, 9.17) is 0 Å². The van der Waals surface area contributed by atoms with Gasteiger partial charge in [-0.25, -0.2) is 18.3 Å². The highest BCUT2D eigenvalue weighted by Crippen LogP contribution is 2.26. The molecule has 4 rings (SSSR count). The van der Waals surface area contributed by atoms with Gasteiger partial charge < -0.3 is 5.32 Å². The number of amides is 1. The molecule has 0 aliphatic carbocycles. The van der Waals surface area contributed by atoms with Crippen LogP contribution in [0.3, 0.4) is 0 Å². The van der Waals surface area contributed by atoms with E-state index < -0.39 is 17.5 Å². The molecular weight excluding hydrogens is 406 g/mol. The molecule has 1 N–H and O–H groups in total. The van der Waals surface area contributed by atoms with Crippen molar-refractivity contribution in [3.63, 3.8) is 0 Å². The van der Waals surface area contributed by atoms with E-state index in [0.717, 1.165) is 41.4 Å². The first kappa shape index (κ1) is 20.0. The fourth-order valence-electron chi connectivity index (χ4n) is 2.98. The highest BCUT2D eigenvalue weighted by molar-refractivity contribution is 8.00. The second-order valence-electron chi connectivity index (χ2n) is 6.60. The zero-order valence-electron chi connectivity index (χ0n) is 16.1. The van der Waals surface area contributed by atoms with E-state index in [1.807, 2.05) is 18.2 Å². The number of nitrogens with zero attached hydrogens (tertiary/aromatic N) is 3. The maximum Gasteiger partial charge on any atom is 0.234 e. The molecule has 5 nitrogen and oxygen atoms in total. The molecule has 152 valence electrons. The van der Waals surface area contributed by atoms with Gasteiger partial charge in [-0.1, -0.05) is 43.0 Å². The molecule has 2 aromatic heterocycles. The van der Waals surface area contributed by atoms with Crippen molar-refractivity contribution in [3.05, 3.63) is 78.1 Å². The molecule has 0 saturated heterocycles. The fraction of sp³-hybridized carbons (Fsp3) is 0.136. The summed E-state index contributed by atoms with van der Waals surface area (Å²) >= 11 is 1.20. The normalized spacial score (nSPS) is 11.0. The van der Waals surface area contributed by atoms with Gasteiger partial charge in [0.1, 0.15) is 16.7 Å². The zero-order valence-corrected chi connectivity index (χ0v) is 16.9. The first-order valence-electron chi connectivity index (χ1n) is 9.35. The average Bonchev–Trinajstić information content (AvgIpc) is 3.20. The van der Waals surface area contributed by atoms with Crippen LogP contribution in [0.5, 0.6) is 0 Å². The van der Waals surface area contributed by atoms with Crippen molar-refractivity contribution in [1.82, 2.24) is 14.6 Å². The fourth-order valence-corrected chi connectivity index (χ4v) is 3.75. The molecule has 0 fully saturated rings. The number of nitrogens with one attached hydrogen (secondary N) is 1. The third-order valence-electron chi connectivity index (χ3n) is 4.55. The van der Waals surface area contributed by atoms with Crippen molar-refractivity contribution in [2.75, 3.05) is 11.1 Å². The summed E-state index contributed by atoms with van der Waals surface area (Å²) in [6.07, 6.45) is 4.32. The number of benzene rings is 2. The van der Waals surface area contributed by atoms with Crippen LogP contribution in [-0.4, -0.2) is 26.3 Å². The summed E-state index contributed by atoms with van der Waals surface area (Å²) in [6, 6.07) is 13.0. The molecule has 0 bridgehead atoms. The molecule has 0 unspecified atom stereocenters. The summed E-state index contributed by atoms with van der Waals surface area (Å²) in [5, 5.41) is 7.59. The number of halogens is 2. The van der Waals surface area contributed by atoms with Crippen LogP contribution in [0.25, 0.3) is 16.8 Å². The Morgan fingerprint density at radius 3 is 2.70 bits per heavy atom. The molecule has 0 spiro atoms.